The van der Waals surface area contributed by atoms with Gasteiger partial charge in [-0.15, -0.1) is 6.58 Å². The van der Waals surface area contributed by atoms with Gasteiger partial charge in [-0.25, -0.2) is 0 Å². The van der Waals surface area contributed by atoms with E-state index in [1.807, 2.05) is 43.3 Å². The van der Waals surface area contributed by atoms with Gasteiger partial charge in [0.1, 0.15) is 6.29 Å². The van der Waals surface area contributed by atoms with Crippen LogP contribution in [-0.4, -0.2) is 6.29 Å². The Hall–Kier alpha value is -1.37. The van der Waals surface area contributed by atoms with Crippen LogP contribution in [0.1, 0.15) is 24.8 Å². The Morgan fingerprint density at radius 1 is 1.36 bits per heavy atom. The van der Waals surface area contributed by atoms with Gasteiger partial charge in [0.15, 0.2) is 0 Å². The van der Waals surface area contributed by atoms with Crippen LogP contribution in [0.15, 0.2) is 43.0 Å². The molecular weight excluding hydrogens is 172 g/mol. The van der Waals surface area contributed by atoms with Gasteiger partial charge >= 0.3 is 0 Å². The molecule has 0 heterocycles. The fourth-order valence-electron chi connectivity index (χ4n) is 1.67. The largest absolute Gasteiger partial charge is 0.303 e. The van der Waals surface area contributed by atoms with Gasteiger partial charge in [-0.3, -0.25) is 0 Å². The van der Waals surface area contributed by atoms with E-state index in [1.54, 1.807) is 0 Å². The van der Waals surface area contributed by atoms with Crippen LogP contribution in [0.3, 0.4) is 0 Å². The summed E-state index contributed by atoms with van der Waals surface area (Å²) >= 11 is 0. The molecule has 1 rings (SSSR count). The van der Waals surface area contributed by atoms with Gasteiger partial charge in [-0.05, 0) is 12.0 Å². The van der Waals surface area contributed by atoms with Gasteiger partial charge in [-0.2, -0.15) is 0 Å². The lowest BCUT2D eigenvalue weighted by atomic mass is 9.85. The van der Waals surface area contributed by atoms with Gasteiger partial charge in [0.2, 0.25) is 0 Å². The van der Waals surface area contributed by atoms with Crippen molar-refractivity contribution in [3.8, 4) is 0 Å². The minimum atomic E-state index is 0.0508. The van der Waals surface area contributed by atoms with E-state index in [9.17, 15) is 4.79 Å². The molecule has 0 saturated heterocycles. The number of allylic oxidation sites excluding steroid dienone is 1. The summed E-state index contributed by atoms with van der Waals surface area (Å²) in [6.45, 7) is 5.82. The van der Waals surface area contributed by atoms with Crippen LogP contribution in [-0.2, 0) is 4.79 Å². The van der Waals surface area contributed by atoms with Gasteiger partial charge < -0.3 is 4.79 Å². The molecule has 0 N–H and O–H groups in total. The first-order valence-electron chi connectivity index (χ1n) is 4.96. The number of aldehydes is 1. The molecule has 0 radical (unpaired) electrons. The summed E-state index contributed by atoms with van der Waals surface area (Å²) in [5.41, 5.74) is 1.17. The number of benzene rings is 1. The molecule has 0 amide bonds. The predicted molar refractivity (Wildman–Crippen MR) is 59.2 cm³/mol. The van der Waals surface area contributed by atoms with Crippen LogP contribution in [0.2, 0.25) is 0 Å². The van der Waals surface area contributed by atoms with Crippen molar-refractivity contribution in [1.29, 1.82) is 0 Å². The zero-order chi connectivity index (χ0) is 10.4. The van der Waals surface area contributed by atoms with Gasteiger partial charge in [0, 0.05) is 11.8 Å². The number of hydrogen-bond acceptors (Lipinski definition) is 1. The molecule has 0 aliphatic heterocycles. The standard InChI is InChI=1S/C13H16O/c1-3-11(10-14)13(4-2)12-8-6-5-7-9-12/h4-11,13H,2-3H2,1H3/t11-,13+/m0/s1. The normalized spacial score (nSPS) is 14.4. The molecular formula is C13H16O. The van der Waals surface area contributed by atoms with Crippen molar-refractivity contribution in [1.82, 2.24) is 0 Å². The predicted octanol–water partition coefficient (Wildman–Crippen LogP) is 3.18. The average Bonchev–Trinajstić information content (AvgIpc) is 2.27. The summed E-state index contributed by atoms with van der Waals surface area (Å²) in [5, 5.41) is 0. The molecule has 0 bridgehead atoms. The zero-order valence-electron chi connectivity index (χ0n) is 8.52. The number of rotatable bonds is 5. The molecule has 1 aromatic carbocycles. The second-order valence-corrected chi connectivity index (χ2v) is 3.38. The highest BCUT2D eigenvalue weighted by molar-refractivity contribution is 5.56. The molecule has 0 saturated carbocycles. The van der Waals surface area contributed by atoms with E-state index in [1.165, 1.54) is 5.56 Å². The van der Waals surface area contributed by atoms with Crippen molar-refractivity contribution in [3.63, 3.8) is 0 Å². The maximum absolute atomic E-state index is 10.9. The van der Waals surface area contributed by atoms with E-state index in [-0.39, 0.29) is 11.8 Å². The van der Waals surface area contributed by atoms with E-state index in [0.29, 0.717) is 0 Å². The van der Waals surface area contributed by atoms with E-state index in [0.717, 1.165) is 12.7 Å². The fraction of sp³-hybridized carbons (Fsp3) is 0.308. The van der Waals surface area contributed by atoms with E-state index in [2.05, 4.69) is 6.58 Å². The third-order valence-corrected chi connectivity index (χ3v) is 2.55. The Balaban J connectivity index is 2.91. The van der Waals surface area contributed by atoms with Crippen LogP contribution in [0.5, 0.6) is 0 Å². The van der Waals surface area contributed by atoms with Crippen LogP contribution in [0.4, 0.5) is 0 Å². The Morgan fingerprint density at radius 2 is 2.00 bits per heavy atom. The first-order valence-corrected chi connectivity index (χ1v) is 4.96. The van der Waals surface area contributed by atoms with Gasteiger partial charge in [0.05, 0.1) is 0 Å². The van der Waals surface area contributed by atoms with Crippen molar-refractivity contribution in [3.05, 3.63) is 48.6 Å². The summed E-state index contributed by atoms with van der Waals surface area (Å²) in [6, 6.07) is 10.0. The Kier molecular flexibility index (Phi) is 4.11. The third kappa shape index (κ3) is 2.32. The lowest BCUT2D eigenvalue weighted by Gasteiger charge is -2.18. The summed E-state index contributed by atoms with van der Waals surface area (Å²) in [4.78, 5) is 10.9. The number of carbonyl (C=O) groups excluding carboxylic acids is 1. The maximum atomic E-state index is 10.9. The first kappa shape index (κ1) is 10.7. The Labute approximate surface area is 85.5 Å². The highest BCUT2D eigenvalue weighted by atomic mass is 16.1. The summed E-state index contributed by atoms with van der Waals surface area (Å²) in [6.07, 6.45) is 3.74. The van der Waals surface area contributed by atoms with Crippen molar-refractivity contribution in [2.75, 3.05) is 0 Å². The van der Waals surface area contributed by atoms with E-state index >= 15 is 0 Å². The Bertz CT molecular complexity index is 289. The highest BCUT2D eigenvalue weighted by Crippen LogP contribution is 2.26. The van der Waals surface area contributed by atoms with Crippen LogP contribution in [0.25, 0.3) is 0 Å². The van der Waals surface area contributed by atoms with E-state index in [4.69, 9.17) is 0 Å². The lowest BCUT2D eigenvalue weighted by Crippen LogP contribution is -2.11. The molecule has 0 aliphatic rings. The fourth-order valence-corrected chi connectivity index (χ4v) is 1.67. The van der Waals surface area contributed by atoms with E-state index < -0.39 is 0 Å². The average molecular weight is 188 g/mol. The third-order valence-electron chi connectivity index (χ3n) is 2.55. The lowest BCUT2D eigenvalue weighted by molar-refractivity contribution is -0.111. The SMILES string of the molecule is C=C[C@@H](c1ccccc1)[C@H](C=O)CC. The van der Waals surface area contributed by atoms with Gasteiger partial charge in [-0.1, -0.05) is 43.3 Å². The highest BCUT2D eigenvalue weighted by Gasteiger charge is 2.17. The molecule has 1 heteroatoms. The summed E-state index contributed by atoms with van der Waals surface area (Å²) in [5.74, 6) is 0.202. The molecule has 74 valence electrons. The second kappa shape index (κ2) is 5.38. The Morgan fingerprint density at radius 3 is 2.43 bits per heavy atom. The van der Waals surface area contributed by atoms with Crippen molar-refractivity contribution >= 4 is 6.29 Å². The topological polar surface area (TPSA) is 17.1 Å². The molecule has 0 unspecified atom stereocenters. The summed E-state index contributed by atoms with van der Waals surface area (Å²) < 4.78 is 0. The first-order chi connectivity index (χ1) is 6.83. The van der Waals surface area contributed by atoms with Crippen LogP contribution < -0.4 is 0 Å². The molecule has 14 heavy (non-hydrogen) atoms. The monoisotopic (exact) mass is 188 g/mol. The maximum Gasteiger partial charge on any atom is 0.123 e. The molecule has 1 nitrogen and oxygen atoms in total. The van der Waals surface area contributed by atoms with Gasteiger partial charge in [0.25, 0.3) is 0 Å². The quantitative estimate of drug-likeness (QED) is 0.512. The minimum absolute atomic E-state index is 0.0508. The van der Waals surface area contributed by atoms with Crippen molar-refractivity contribution in [2.45, 2.75) is 19.3 Å². The molecule has 0 fully saturated rings. The zero-order valence-corrected chi connectivity index (χ0v) is 8.52. The second-order valence-electron chi connectivity index (χ2n) is 3.38. The minimum Gasteiger partial charge on any atom is -0.303 e. The molecule has 0 aliphatic carbocycles. The van der Waals surface area contributed by atoms with Crippen LogP contribution in [0, 0.1) is 5.92 Å². The molecule has 0 aromatic heterocycles. The van der Waals surface area contributed by atoms with Crippen molar-refractivity contribution < 1.29 is 4.79 Å². The smallest absolute Gasteiger partial charge is 0.123 e. The molecule has 2 atom stereocenters. The molecule has 1 aromatic rings. The number of carbonyl (C=O) groups is 1. The van der Waals surface area contributed by atoms with Crippen molar-refractivity contribution in [2.24, 2.45) is 5.92 Å². The summed E-state index contributed by atoms with van der Waals surface area (Å²) in [7, 11) is 0. The van der Waals surface area contributed by atoms with Crippen LogP contribution >= 0.6 is 0 Å². The molecule has 0 spiro atoms. The number of hydrogen-bond donors (Lipinski definition) is 0.